The second-order valence-corrected chi connectivity index (χ2v) is 5.81. The number of nitrogens with zero attached hydrogens (tertiary/aromatic N) is 5. The lowest BCUT2D eigenvalue weighted by Gasteiger charge is -2.18. The molecule has 0 aliphatic rings. The Kier molecular flexibility index (Phi) is 5.55. The lowest BCUT2D eigenvalue weighted by atomic mass is 10.1. The molecule has 2 amide bonds. The highest BCUT2D eigenvalue weighted by Crippen LogP contribution is 2.14. The predicted octanol–water partition coefficient (Wildman–Crippen LogP) is 2.40. The fraction of sp³-hybridized carbons (Fsp3) is 0.211. The van der Waals surface area contributed by atoms with Gasteiger partial charge < -0.3 is 10.2 Å². The monoisotopic (exact) mass is 364 g/mol. The van der Waals surface area contributed by atoms with Gasteiger partial charge in [0, 0.05) is 29.9 Å². The highest BCUT2D eigenvalue weighted by molar-refractivity contribution is 6.04. The highest BCUT2D eigenvalue weighted by Gasteiger charge is 2.12. The summed E-state index contributed by atoms with van der Waals surface area (Å²) in [5.41, 5.74) is 2.49. The first-order valence-corrected chi connectivity index (χ1v) is 8.66. The Morgan fingerprint density at radius 3 is 2.15 bits per heavy atom. The van der Waals surface area contributed by atoms with E-state index in [1.54, 1.807) is 53.4 Å². The summed E-state index contributed by atoms with van der Waals surface area (Å²) in [5.74, 6) is -0.253. The molecule has 138 valence electrons. The molecule has 0 saturated heterocycles. The second kappa shape index (κ2) is 8.22. The standard InChI is InChI=1S/C19H20N6O2/c1-3-24(4-2)19(27)15-5-9-16(10-6-15)21-18(26)14-7-11-17(12-8-14)25-13-20-22-23-25/h5-13H,3-4H2,1-2H3,(H,21,26). The van der Waals surface area contributed by atoms with Crippen molar-refractivity contribution in [3.05, 3.63) is 66.0 Å². The first-order valence-electron chi connectivity index (χ1n) is 8.66. The lowest BCUT2D eigenvalue weighted by Crippen LogP contribution is -2.30. The van der Waals surface area contributed by atoms with Crippen molar-refractivity contribution in [3.63, 3.8) is 0 Å². The van der Waals surface area contributed by atoms with Crippen LogP contribution in [0.25, 0.3) is 5.69 Å². The molecular weight excluding hydrogens is 344 g/mol. The SMILES string of the molecule is CCN(CC)C(=O)c1ccc(NC(=O)c2ccc(-n3cnnn3)cc2)cc1. The van der Waals surface area contributed by atoms with Crippen LogP contribution in [0.4, 0.5) is 5.69 Å². The number of hydrogen-bond donors (Lipinski definition) is 1. The molecule has 0 bridgehead atoms. The Morgan fingerprint density at radius 2 is 1.59 bits per heavy atom. The van der Waals surface area contributed by atoms with Crippen molar-refractivity contribution in [1.82, 2.24) is 25.1 Å². The molecule has 0 atom stereocenters. The zero-order valence-electron chi connectivity index (χ0n) is 15.2. The fourth-order valence-corrected chi connectivity index (χ4v) is 2.64. The third kappa shape index (κ3) is 4.17. The van der Waals surface area contributed by atoms with E-state index < -0.39 is 0 Å². The quantitative estimate of drug-likeness (QED) is 0.725. The molecule has 1 heterocycles. The smallest absolute Gasteiger partial charge is 0.255 e. The van der Waals surface area contributed by atoms with E-state index in [4.69, 9.17) is 0 Å². The molecule has 3 rings (SSSR count). The van der Waals surface area contributed by atoms with Gasteiger partial charge in [-0.15, -0.1) is 5.10 Å². The van der Waals surface area contributed by atoms with Crippen molar-refractivity contribution in [3.8, 4) is 5.69 Å². The van der Waals surface area contributed by atoms with Crippen LogP contribution in [0.5, 0.6) is 0 Å². The fourth-order valence-electron chi connectivity index (χ4n) is 2.64. The van der Waals surface area contributed by atoms with Gasteiger partial charge in [0.05, 0.1) is 5.69 Å². The van der Waals surface area contributed by atoms with Gasteiger partial charge in [-0.2, -0.15) is 0 Å². The summed E-state index contributed by atoms with van der Waals surface area (Å²) >= 11 is 0. The Balaban J connectivity index is 1.66. The zero-order valence-corrected chi connectivity index (χ0v) is 15.2. The molecular formula is C19H20N6O2. The number of benzene rings is 2. The Morgan fingerprint density at radius 1 is 0.963 bits per heavy atom. The first-order chi connectivity index (χ1) is 13.1. The molecule has 8 heteroatoms. The van der Waals surface area contributed by atoms with Gasteiger partial charge >= 0.3 is 0 Å². The van der Waals surface area contributed by atoms with Gasteiger partial charge in [-0.1, -0.05) is 0 Å². The van der Waals surface area contributed by atoms with Crippen LogP contribution in [0.2, 0.25) is 0 Å². The largest absolute Gasteiger partial charge is 0.339 e. The molecule has 0 unspecified atom stereocenters. The maximum atomic E-state index is 12.4. The molecule has 0 saturated carbocycles. The van der Waals surface area contributed by atoms with Gasteiger partial charge in [0.25, 0.3) is 11.8 Å². The van der Waals surface area contributed by atoms with Crippen molar-refractivity contribution in [2.45, 2.75) is 13.8 Å². The van der Waals surface area contributed by atoms with Crippen LogP contribution in [0.15, 0.2) is 54.9 Å². The number of aromatic nitrogens is 4. The number of nitrogens with one attached hydrogen (secondary N) is 1. The average molecular weight is 364 g/mol. The molecule has 0 aliphatic heterocycles. The van der Waals surface area contributed by atoms with E-state index in [1.165, 1.54) is 11.0 Å². The highest BCUT2D eigenvalue weighted by atomic mass is 16.2. The van der Waals surface area contributed by atoms with Crippen LogP contribution in [-0.4, -0.2) is 50.0 Å². The van der Waals surface area contributed by atoms with Crippen LogP contribution in [0, 0.1) is 0 Å². The molecule has 3 aromatic rings. The third-order valence-corrected chi connectivity index (χ3v) is 4.18. The van der Waals surface area contributed by atoms with Crippen LogP contribution >= 0.6 is 0 Å². The van der Waals surface area contributed by atoms with Gasteiger partial charge in [0.1, 0.15) is 6.33 Å². The minimum Gasteiger partial charge on any atom is -0.339 e. The third-order valence-electron chi connectivity index (χ3n) is 4.18. The molecule has 8 nitrogen and oxygen atoms in total. The number of carbonyl (C=O) groups is 2. The summed E-state index contributed by atoms with van der Waals surface area (Å²) in [4.78, 5) is 26.5. The van der Waals surface area contributed by atoms with Crippen LogP contribution in [0.3, 0.4) is 0 Å². The van der Waals surface area contributed by atoms with E-state index >= 15 is 0 Å². The summed E-state index contributed by atoms with van der Waals surface area (Å²) in [5, 5.41) is 13.8. The van der Waals surface area contributed by atoms with E-state index in [0.29, 0.717) is 29.9 Å². The van der Waals surface area contributed by atoms with E-state index in [2.05, 4.69) is 20.8 Å². The number of anilines is 1. The normalized spacial score (nSPS) is 10.4. The van der Waals surface area contributed by atoms with Crippen LogP contribution in [0.1, 0.15) is 34.6 Å². The summed E-state index contributed by atoms with van der Waals surface area (Å²) in [6, 6.07) is 13.8. The molecule has 1 aromatic heterocycles. The van der Waals surface area contributed by atoms with E-state index in [1.807, 2.05) is 13.8 Å². The Bertz CT molecular complexity index is 900. The van der Waals surface area contributed by atoms with Crippen molar-refractivity contribution in [2.75, 3.05) is 18.4 Å². The number of amides is 2. The zero-order chi connectivity index (χ0) is 19.2. The summed E-state index contributed by atoms with van der Waals surface area (Å²) in [6.07, 6.45) is 1.48. The molecule has 0 spiro atoms. The van der Waals surface area contributed by atoms with Gasteiger partial charge in [-0.05, 0) is 72.8 Å². The predicted molar refractivity (Wildman–Crippen MR) is 101 cm³/mol. The maximum absolute atomic E-state index is 12.4. The molecule has 0 aliphatic carbocycles. The van der Waals surface area contributed by atoms with Crippen LogP contribution < -0.4 is 5.32 Å². The second-order valence-electron chi connectivity index (χ2n) is 5.81. The van der Waals surface area contributed by atoms with Gasteiger partial charge in [0.2, 0.25) is 0 Å². The van der Waals surface area contributed by atoms with E-state index in [-0.39, 0.29) is 11.8 Å². The topological polar surface area (TPSA) is 93.0 Å². The van der Waals surface area contributed by atoms with E-state index in [9.17, 15) is 9.59 Å². The lowest BCUT2D eigenvalue weighted by molar-refractivity contribution is 0.0773. The van der Waals surface area contributed by atoms with Gasteiger partial charge in [0.15, 0.2) is 0 Å². The Labute approximate surface area is 156 Å². The van der Waals surface area contributed by atoms with Crippen molar-refractivity contribution >= 4 is 17.5 Å². The number of carbonyl (C=O) groups excluding carboxylic acids is 2. The van der Waals surface area contributed by atoms with Gasteiger partial charge in [-0.3, -0.25) is 9.59 Å². The minimum atomic E-state index is -0.235. The maximum Gasteiger partial charge on any atom is 0.255 e. The van der Waals surface area contributed by atoms with Gasteiger partial charge in [-0.25, -0.2) is 4.68 Å². The van der Waals surface area contributed by atoms with Crippen LogP contribution in [-0.2, 0) is 0 Å². The minimum absolute atomic E-state index is 0.0175. The molecule has 2 aromatic carbocycles. The summed E-state index contributed by atoms with van der Waals surface area (Å²) in [7, 11) is 0. The average Bonchev–Trinajstić information content (AvgIpc) is 3.24. The summed E-state index contributed by atoms with van der Waals surface area (Å²) in [6.45, 7) is 5.21. The Hall–Kier alpha value is -3.55. The number of rotatable bonds is 6. The molecule has 0 radical (unpaired) electrons. The number of hydrogen-bond acceptors (Lipinski definition) is 5. The van der Waals surface area contributed by atoms with E-state index in [0.717, 1.165) is 5.69 Å². The molecule has 1 N–H and O–H groups in total. The molecule has 27 heavy (non-hydrogen) atoms. The van der Waals surface area contributed by atoms with Crippen molar-refractivity contribution in [1.29, 1.82) is 0 Å². The first kappa shape index (κ1) is 18.2. The summed E-state index contributed by atoms with van der Waals surface area (Å²) < 4.78 is 1.51. The molecule has 0 fully saturated rings. The number of tetrazole rings is 1. The van der Waals surface area contributed by atoms with Crippen molar-refractivity contribution < 1.29 is 9.59 Å². The van der Waals surface area contributed by atoms with Crippen molar-refractivity contribution in [2.24, 2.45) is 0 Å².